The highest BCUT2D eigenvalue weighted by Gasteiger charge is 2.13. The number of hydrogen-bond acceptors (Lipinski definition) is 4. The maximum atomic E-state index is 12.1. The van der Waals surface area contributed by atoms with Gasteiger partial charge in [-0.2, -0.15) is 5.10 Å². The SMILES string of the molecule is O=C(O)c1cc(-c2ccc(C=NNC(=O)c3ccc(Cl)cc3Cl)o2)ccc1Cl. The molecule has 0 atom stereocenters. The van der Waals surface area contributed by atoms with E-state index in [-0.39, 0.29) is 21.2 Å². The number of hydrogen-bond donors (Lipinski definition) is 2. The van der Waals surface area contributed by atoms with Gasteiger partial charge in [0.05, 0.1) is 27.4 Å². The molecule has 0 aliphatic rings. The van der Waals surface area contributed by atoms with E-state index in [2.05, 4.69) is 10.5 Å². The van der Waals surface area contributed by atoms with Crippen LogP contribution in [-0.4, -0.2) is 23.2 Å². The summed E-state index contributed by atoms with van der Waals surface area (Å²) in [7, 11) is 0. The summed E-state index contributed by atoms with van der Waals surface area (Å²) < 4.78 is 5.59. The van der Waals surface area contributed by atoms with E-state index < -0.39 is 11.9 Å². The molecule has 0 spiro atoms. The topological polar surface area (TPSA) is 91.9 Å². The van der Waals surface area contributed by atoms with Gasteiger partial charge >= 0.3 is 5.97 Å². The summed E-state index contributed by atoms with van der Waals surface area (Å²) in [6.45, 7) is 0. The molecule has 2 aromatic carbocycles. The summed E-state index contributed by atoms with van der Waals surface area (Å²) in [5, 5.41) is 13.7. The van der Waals surface area contributed by atoms with Crippen LogP contribution >= 0.6 is 34.8 Å². The predicted molar refractivity (Wildman–Crippen MR) is 108 cm³/mol. The lowest BCUT2D eigenvalue weighted by atomic mass is 10.1. The quantitative estimate of drug-likeness (QED) is 0.415. The molecule has 1 heterocycles. The molecule has 0 saturated heterocycles. The summed E-state index contributed by atoms with van der Waals surface area (Å²) in [5.74, 6) is -0.866. The summed E-state index contributed by atoms with van der Waals surface area (Å²) in [6, 6.07) is 12.3. The lowest BCUT2D eigenvalue weighted by Gasteiger charge is -2.02. The van der Waals surface area contributed by atoms with Crippen LogP contribution in [-0.2, 0) is 0 Å². The van der Waals surface area contributed by atoms with Gasteiger partial charge in [0.1, 0.15) is 11.5 Å². The van der Waals surface area contributed by atoms with Crippen molar-refractivity contribution in [1.82, 2.24) is 5.43 Å². The van der Waals surface area contributed by atoms with Gasteiger partial charge in [0.2, 0.25) is 0 Å². The van der Waals surface area contributed by atoms with Gasteiger partial charge in [-0.1, -0.05) is 34.8 Å². The van der Waals surface area contributed by atoms with Crippen molar-refractivity contribution < 1.29 is 19.1 Å². The fourth-order valence-corrected chi connectivity index (χ4v) is 3.00. The third kappa shape index (κ3) is 4.54. The van der Waals surface area contributed by atoms with Gasteiger partial charge in [-0.25, -0.2) is 10.2 Å². The van der Waals surface area contributed by atoms with Gasteiger partial charge in [-0.15, -0.1) is 0 Å². The van der Waals surface area contributed by atoms with Gasteiger partial charge in [-0.3, -0.25) is 4.79 Å². The highest BCUT2D eigenvalue weighted by molar-refractivity contribution is 6.36. The molecule has 0 saturated carbocycles. The van der Waals surface area contributed by atoms with E-state index in [4.69, 9.17) is 44.3 Å². The molecule has 142 valence electrons. The molecule has 28 heavy (non-hydrogen) atoms. The van der Waals surface area contributed by atoms with Crippen molar-refractivity contribution in [2.75, 3.05) is 0 Å². The fraction of sp³-hybridized carbons (Fsp3) is 0. The molecule has 2 N–H and O–H groups in total. The van der Waals surface area contributed by atoms with Crippen LogP contribution in [0.1, 0.15) is 26.5 Å². The second kappa shape index (κ2) is 8.48. The minimum Gasteiger partial charge on any atom is -0.478 e. The van der Waals surface area contributed by atoms with Crippen LogP contribution in [0.4, 0.5) is 0 Å². The zero-order chi connectivity index (χ0) is 20.3. The summed E-state index contributed by atoms with van der Waals surface area (Å²) in [5.41, 5.74) is 3.07. The minimum atomic E-state index is -1.14. The number of rotatable bonds is 5. The second-order valence-corrected chi connectivity index (χ2v) is 6.78. The number of halogens is 3. The maximum absolute atomic E-state index is 12.1. The van der Waals surface area contributed by atoms with Crippen LogP contribution < -0.4 is 5.43 Å². The number of furan rings is 1. The zero-order valence-corrected chi connectivity index (χ0v) is 16.2. The van der Waals surface area contributed by atoms with Crippen molar-refractivity contribution in [3.8, 4) is 11.3 Å². The molecule has 0 radical (unpaired) electrons. The van der Waals surface area contributed by atoms with E-state index in [1.165, 1.54) is 30.5 Å². The Hall–Kier alpha value is -2.80. The summed E-state index contributed by atoms with van der Waals surface area (Å²) in [4.78, 5) is 23.3. The molecule has 0 aliphatic carbocycles. The van der Waals surface area contributed by atoms with E-state index in [0.29, 0.717) is 22.1 Å². The number of nitrogens with zero attached hydrogens (tertiary/aromatic N) is 1. The van der Waals surface area contributed by atoms with E-state index in [0.717, 1.165) is 0 Å². The lowest BCUT2D eigenvalue weighted by molar-refractivity contribution is 0.0697. The van der Waals surface area contributed by atoms with Gasteiger partial charge in [0.15, 0.2) is 0 Å². The Labute approximate surface area is 174 Å². The molecule has 3 aromatic rings. The van der Waals surface area contributed by atoms with E-state index in [1.54, 1.807) is 24.3 Å². The van der Waals surface area contributed by atoms with E-state index in [9.17, 15) is 9.59 Å². The number of nitrogens with one attached hydrogen (secondary N) is 1. The predicted octanol–water partition coefficient (Wildman–Crippen LogP) is 5.37. The summed E-state index contributed by atoms with van der Waals surface area (Å²) in [6.07, 6.45) is 1.30. The Morgan fingerprint density at radius 2 is 1.75 bits per heavy atom. The number of hydrazone groups is 1. The number of aromatic carboxylic acids is 1. The molecular formula is C19H11Cl3N2O4. The smallest absolute Gasteiger partial charge is 0.337 e. The number of carboxylic acid groups (broad SMARTS) is 1. The van der Waals surface area contributed by atoms with Crippen LogP contribution in [0.5, 0.6) is 0 Å². The fourth-order valence-electron chi connectivity index (χ4n) is 2.31. The van der Waals surface area contributed by atoms with Crippen LogP contribution in [0.25, 0.3) is 11.3 Å². The Morgan fingerprint density at radius 3 is 2.46 bits per heavy atom. The Morgan fingerprint density at radius 1 is 0.964 bits per heavy atom. The molecule has 6 nitrogen and oxygen atoms in total. The van der Waals surface area contributed by atoms with E-state index >= 15 is 0 Å². The normalized spacial score (nSPS) is 11.0. The first-order valence-corrected chi connectivity index (χ1v) is 8.90. The Kier molecular flexibility index (Phi) is 6.04. The maximum Gasteiger partial charge on any atom is 0.337 e. The van der Waals surface area contributed by atoms with Crippen LogP contribution in [0, 0.1) is 0 Å². The molecule has 0 bridgehead atoms. The number of amides is 1. The molecule has 1 amide bonds. The number of carbonyl (C=O) groups excluding carboxylic acids is 1. The van der Waals surface area contributed by atoms with Crippen molar-refractivity contribution in [3.05, 3.63) is 80.5 Å². The first-order valence-electron chi connectivity index (χ1n) is 7.76. The van der Waals surface area contributed by atoms with Crippen LogP contribution in [0.3, 0.4) is 0 Å². The van der Waals surface area contributed by atoms with Crippen molar-refractivity contribution in [2.24, 2.45) is 5.10 Å². The number of carboxylic acids is 1. The Bertz CT molecular complexity index is 1090. The molecule has 3 rings (SSSR count). The first kappa shape index (κ1) is 19.9. The van der Waals surface area contributed by atoms with Gasteiger partial charge in [-0.05, 0) is 48.5 Å². The van der Waals surface area contributed by atoms with E-state index in [1.807, 2.05) is 0 Å². The van der Waals surface area contributed by atoms with Crippen molar-refractivity contribution in [2.45, 2.75) is 0 Å². The Balaban J connectivity index is 1.72. The lowest BCUT2D eigenvalue weighted by Crippen LogP contribution is -2.17. The highest BCUT2D eigenvalue weighted by atomic mass is 35.5. The molecule has 0 fully saturated rings. The van der Waals surface area contributed by atoms with Gasteiger partial charge in [0, 0.05) is 10.6 Å². The largest absolute Gasteiger partial charge is 0.478 e. The minimum absolute atomic E-state index is 0.0297. The standard InChI is InChI=1S/C19H11Cl3N2O4/c20-11-2-4-13(16(22)8-11)18(25)24-23-9-12-3-6-17(28-12)10-1-5-15(21)14(7-10)19(26)27/h1-9H,(H,24,25)(H,26,27). The van der Waals surface area contributed by atoms with Crippen molar-refractivity contribution in [3.63, 3.8) is 0 Å². The molecular weight excluding hydrogens is 427 g/mol. The average molecular weight is 438 g/mol. The number of carbonyl (C=O) groups is 2. The first-order chi connectivity index (χ1) is 13.3. The third-order valence-electron chi connectivity index (χ3n) is 3.64. The van der Waals surface area contributed by atoms with Crippen molar-refractivity contribution >= 4 is 52.9 Å². The summed E-state index contributed by atoms with van der Waals surface area (Å²) >= 11 is 17.6. The molecule has 1 aromatic heterocycles. The zero-order valence-electron chi connectivity index (χ0n) is 13.9. The van der Waals surface area contributed by atoms with Crippen LogP contribution in [0.15, 0.2) is 58.0 Å². The molecule has 9 heteroatoms. The monoisotopic (exact) mass is 436 g/mol. The second-order valence-electron chi connectivity index (χ2n) is 5.53. The van der Waals surface area contributed by atoms with Crippen LogP contribution in [0.2, 0.25) is 15.1 Å². The average Bonchev–Trinajstić information content (AvgIpc) is 3.10. The third-order valence-corrected chi connectivity index (χ3v) is 4.52. The highest BCUT2D eigenvalue weighted by Crippen LogP contribution is 2.26. The molecule has 0 aliphatic heterocycles. The van der Waals surface area contributed by atoms with Gasteiger partial charge in [0.25, 0.3) is 5.91 Å². The van der Waals surface area contributed by atoms with Crippen molar-refractivity contribution in [1.29, 1.82) is 0 Å². The molecule has 0 unspecified atom stereocenters. The number of benzene rings is 2. The van der Waals surface area contributed by atoms with Gasteiger partial charge < -0.3 is 9.52 Å².